The number of phosphoric acid groups is 2. The molecule has 9 N–H and O–H groups in total. The first-order chi connectivity index (χ1) is 32.5. The van der Waals surface area contributed by atoms with Crippen molar-refractivity contribution in [2.45, 2.75) is 87.6 Å². The van der Waals surface area contributed by atoms with Crippen LogP contribution in [-0.4, -0.2) is 144 Å². The molecule has 69 heavy (non-hydrogen) atoms. The molecule has 0 aliphatic carbocycles. The summed E-state index contributed by atoms with van der Waals surface area (Å²) in [5, 5.41) is 26.4. The van der Waals surface area contributed by atoms with E-state index in [2.05, 4.69) is 34.5 Å². The van der Waals surface area contributed by atoms with Gasteiger partial charge in [-0.3, -0.25) is 27.5 Å². The second-order valence-corrected chi connectivity index (χ2v) is 21.9. The monoisotopic (exact) mass is 1050 g/mol. The highest BCUT2D eigenvalue weighted by molar-refractivity contribution is 8.77. The van der Waals surface area contributed by atoms with Crippen molar-refractivity contribution in [1.29, 1.82) is 0 Å². The Labute approximate surface area is 398 Å². The molecule has 0 radical (unpaired) electrons. The molecule has 0 saturated carbocycles. The van der Waals surface area contributed by atoms with Crippen LogP contribution in [0.2, 0.25) is 0 Å². The van der Waals surface area contributed by atoms with E-state index >= 15 is 0 Å². The van der Waals surface area contributed by atoms with Crippen molar-refractivity contribution in [2.24, 2.45) is 5.11 Å². The van der Waals surface area contributed by atoms with E-state index in [0.717, 1.165) is 17.1 Å². The summed E-state index contributed by atoms with van der Waals surface area (Å²) in [5.41, 5.74) is 20.3. The van der Waals surface area contributed by atoms with Gasteiger partial charge >= 0.3 is 33.4 Å². The molecular formula is C36H48N12O17P2S2. The normalized spacial score (nSPS) is 23.6. The number of aliphatic hydroxyl groups is 2. The van der Waals surface area contributed by atoms with Crippen LogP contribution in [0.1, 0.15) is 45.2 Å². The van der Waals surface area contributed by atoms with E-state index in [1.165, 1.54) is 32.7 Å². The Morgan fingerprint density at radius 3 is 2.29 bits per heavy atom. The Hall–Kier alpha value is -4.94. The number of amides is 1. The van der Waals surface area contributed by atoms with Gasteiger partial charge in [-0.2, -0.15) is 4.98 Å². The Bertz CT molecular complexity index is 2650. The van der Waals surface area contributed by atoms with Gasteiger partial charge in [-0.15, -0.1) is 0 Å². The lowest BCUT2D eigenvalue weighted by molar-refractivity contribution is -0.156. The van der Waals surface area contributed by atoms with Crippen LogP contribution in [0.25, 0.3) is 21.6 Å². The number of imidazole rings is 1. The first kappa shape index (κ1) is 53.4. The number of nitrogens with two attached hydrogens (primary N) is 2. The number of hydrogen-bond donors (Lipinski definition) is 7. The zero-order valence-electron chi connectivity index (χ0n) is 36.7. The van der Waals surface area contributed by atoms with Crippen molar-refractivity contribution in [3.8, 4) is 0 Å². The number of benzene rings is 1. The fourth-order valence-corrected chi connectivity index (χ4v) is 10.3. The second-order valence-electron chi connectivity index (χ2n) is 16.0. The molecule has 29 nitrogen and oxygen atoms in total. The number of aromatic nitrogens is 6. The van der Waals surface area contributed by atoms with E-state index in [1.807, 2.05) is 20.8 Å². The molecule has 376 valence electrons. The van der Waals surface area contributed by atoms with Crippen LogP contribution in [0.3, 0.4) is 0 Å². The fraction of sp³-hybridized carbons (Fsp3) is 0.528. The summed E-state index contributed by atoms with van der Waals surface area (Å²) in [5.74, 6) is -0.725. The van der Waals surface area contributed by atoms with E-state index in [-0.39, 0.29) is 47.2 Å². The van der Waals surface area contributed by atoms with Crippen LogP contribution in [0.15, 0.2) is 59.1 Å². The van der Waals surface area contributed by atoms with Crippen LogP contribution < -0.4 is 17.2 Å². The predicted molar refractivity (Wildman–Crippen MR) is 242 cm³/mol. The molecule has 1 aromatic carbocycles. The molecule has 2 aliphatic heterocycles. The maximum Gasteiger partial charge on any atom is 0.472 e. The van der Waals surface area contributed by atoms with E-state index in [1.54, 1.807) is 35.1 Å². The molecule has 4 aromatic rings. The molecule has 5 unspecified atom stereocenters. The summed E-state index contributed by atoms with van der Waals surface area (Å²) in [6, 6.07) is 7.49. The topological polar surface area (TPSA) is 417 Å². The molecule has 0 bridgehead atoms. The van der Waals surface area contributed by atoms with Crippen molar-refractivity contribution >= 4 is 77.8 Å². The summed E-state index contributed by atoms with van der Waals surface area (Å²) in [4.78, 5) is 89.1. The predicted octanol–water partition coefficient (Wildman–Crippen LogP) is 2.44. The largest absolute Gasteiger partial charge is 0.472 e. The van der Waals surface area contributed by atoms with Crippen LogP contribution in [-0.2, 0) is 53.1 Å². The van der Waals surface area contributed by atoms with Crippen LogP contribution in [0, 0.1) is 0 Å². The number of hydrogen-bond acceptors (Lipinski definition) is 23. The first-order valence-corrected chi connectivity index (χ1v) is 25.7. The number of phosphoric ester groups is 2. The zero-order chi connectivity index (χ0) is 50.3. The van der Waals surface area contributed by atoms with Crippen molar-refractivity contribution in [2.75, 3.05) is 43.5 Å². The highest BCUT2D eigenvalue weighted by Gasteiger charge is 2.52. The van der Waals surface area contributed by atoms with Gasteiger partial charge in [0.25, 0.3) is 0 Å². The number of carbonyl (C=O) groups is 2. The molecule has 6 rings (SSSR count). The maximum absolute atomic E-state index is 13.6. The lowest BCUT2D eigenvalue weighted by atomic mass is 10.1. The smallest absolute Gasteiger partial charge is 0.456 e. The van der Waals surface area contributed by atoms with Gasteiger partial charge in [0, 0.05) is 40.4 Å². The Kier molecular flexibility index (Phi) is 17.7. The molecule has 2 fully saturated rings. The highest BCUT2D eigenvalue weighted by Crippen LogP contribution is 2.50. The number of carbonyl (C=O) groups excluding carboxylic acids is 2. The Morgan fingerprint density at radius 2 is 1.62 bits per heavy atom. The molecule has 0 spiro atoms. The summed E-state index contributed by atoms with van der Waals surface area (Å²) in [7, 11) is -7.52. The zero-order valence-corrected chi connectivity index (χ0v) is 40.1. The van der Waals surface area contributed by atoms with Gasteiger partial charge in [-0.25, -0.2) is 33.7 Å². The first-order valence-electron chi connectivity index (χ1n) is 20.4. The molecule has 3 aromatic heterocycles. The molecule has 2 aliphatic rings. The quantitative estimate of drug-likeness (QED) is 0.0120. The average Bonchev–Trinajstić information content (AvgIpc) is 3.94. The second kappa shape index (κ2) is 22.9. The van der Waals surface area contributed by atoms with E-state index in [4.69, 9.17) is 45.0 Å². The minimum Gasteiger partial charge on any atom is -0.456 e. The number of rotatable bonds is 21. The van der Waals surface area contributed by atoms with Crippen LogP contribution >= 0.6 is 37.2 Å². The van der Waals surface area contributed by atoms with Gasteiger partial charge in [0.05, 0.1) is 26.0 Å². The number of nitrogens with zero attached hydrogens (tertiary/aromatic N) is 10. The lowest BCUT2D eigenvalue weighted by Crippen LogP contribution is -2.40. The minimum absolute atomic E-state index is 0.0171. The van der Waals surface area contributed by atoms with Gasteiger partial charge in [0.1, 0.15) is 54.8 Å². The molecule has 5 heterocycles. The number of azide groups is 1. The van der Waals surface area contributed by atoms with Gasteiger partial charge in [-0.05, 0) is 17.2 Å². The molecule has 33 heteroatoms. The van der Waals surface area contributed by atoms with Crippen molar-refractivity contribution in [3.05, 3.63) is 75.7 Å². The van der Waals surface area contributed by atoms with Crippen LogP contribution in [0.5, 0.6) is 0 Å². The highest BCUT2D eigenvalue weighted by atomic mass is 33.1. The minimum atomic E-state index is -5.42. The molecule has 1 amide bonds. The third kappa shape index (κ3) is 14.6. The van der Waals surface area contributed by atoms with Crippen molar-refractivity contribution in [3.63, 3.8) is 0 Å². The van der Waals surface area contributed by atoms with E-state index in [9.17, 15) is 48.4 Å². The van der Waals surface area contributed by atoms with E-state index < -0.39 is 102 Å². The summed E-state index contributed by atoms with van der Waals surface area (Å²) in [6.07, 6.45) is -11.6. The fourth-order valence-electron chi connectivity index (χ4n) is 6.69. The number of esters is 1. The SMILES string of the molecule is CC(C)(C)SSCCN(CCC(=O)OC1C(COP(=O)(O)O[C@H]2[C@@H](O)[C@H](n3ccc(N)nc3=O)O[C@@H]2COP(=O)(O)O)OC(n2cnc3c(N)ncnc32)C1O)C(=O)OCc1ccc(N=[N+]=[N-])cc1. The standard InChI is InChI=1S/C36H48N12O17P2S2/c1-36(2,3)69-68-13-12-46(35(53)59-14-19-4-6-20(7-5-19)44-45-39)10-9-24(49)64-28-21(62-33(26(28)50)48-18-42-25-30(38)40-17-41-31(25)48)16-61-67(57,58)65-29-22(15-60-66(54,55)56)63-32(27(29)51)47-11-8-23(37)43-34(47)52/h4-8,11,17-18,21-22,26-29,32-33,50-51H,9-10,12-16H2,1-3H3,(H,57,58)(H2,37,43,52)(H2,38,40,41)(H2,54,55,56)/t21?,22-,26?,27-,28?,29-,32-,33?/m1/s1. The van der Waals surface area contributed by atoms with Crippen LogP contribution in [0.4, 0.5) is 22.1 Å². The Morgan fingerprint density at radius 1 is 0.957 bits per heavy atom. The van der Waals surface area contributed by atoms with Crippen molar-refractivity contribution in [1.82, 2.24) is 34.0 Å². The third-order valence-electron chi connectivity index (χ3n) is 9.79. The van der Waals surface area contributed by atoms with Gasteiger partial charge in [0.2, 0.25) is 0 Å². The third-order valence-corrected chi connectivity index (χ3v) is 14.6. The van der Waals surface area contributed by atoms with Gasteiger partial charge < -0.3 is 60.2 Å². The number of anilines is 2. The molecule has 2 saturated heterocycles. The number of aliphatic hydroxyl groups excluding tert-OH is 2. The average molecular weight is 1050 g/mol. The summed E-state index contributed by atoms with van der Waals surface area (Å²) in [6.45, 7) is 3.85. The number of fused-ring (bicyclic) bond motifs is 1. The van der Waals surface area contributed by atoms with Gasteiger partial charge in [-0.1, -0.05) is 71.7 Å². The maximum atomic E-state index is 13.6. The Balaban J connectivity index is 1.18. The summed E-state index contributed by atoms with van der Waals surface area (Å²) < 4.78 is 65.0. The number of nitrogen functional groups attached to an aromatic ring is 2. The number of ether oxygens (including phenoxy) is 4. The van der Waals surface area contributed by atoms with Crippen molar-refractivity contribution < 1.29 is 76.1 Å². The van der Waals surface area contributed by atoms with E-state index in [0.29, 0.717) is 17.0 Å². The van der Waals surface area contributed by atoms with Gasteiger partial charge in [0.15, 0.2) is 30.0 Å². The molecule has 9 atom stereocenters. The summed E-state index contributed by atoms with van der Waals surface area (Å²) >= 11 is 0. The lowest BCUT2D eigenvalue weighted by Gasteiger charge is -2.25. The molecular weight excluding hydrogens is 999 g/mol.